The number of ether oxygens (including phenoxy) is 3. The summed E-state index contributed by atoms with van der Waals surface area (Å²) in [4.78, 5) is 0. The molecular formula is C12H18O6. The van der Waals surface area contributed by atoms with Crippen molar-refractivity contribution in [1.82, 2.24) is 0 Å². The molecule has 0 saturated carbocycles. The molecule has 1 aromatic rings. The van der Waals surface area contributed by atoms with Gasteiger partial charge in [0, 0.05) is 0 Å². The van der Waals surface area contributed by atoms with Crippen LogP contribution in [-0.2, 0) is 0 Å². The molecule has 6 nitrogen and oxygen atoms in total. The SMILES string of the molecule is COc1cc(C(O)C(O)CO)cc(OC)c1OC. The van der Waals surface area contributed by atoms with Gasteiger partial charge in [-0.25, -0.2) is 0 Å². The Morgan fingerprint density at radius 1 is 1.00 bits per heavy atom. The number of hydrogen-bond donors (Lipinski definition) is 3. The van der Waals surface area contributed by atoms with E-state index in [1.54, 1.807) is 0 Å². The summed E-state index contributed by atoms with van der Waals surface area (Å²) in [5, 5.41) is 28.1. The number of benzene rings is 1. The fourth-order valence-corrected chi connectivity index (χ4v) is 1.59. The van der Waals surface area contributed by atoms with E-state index >= 15 is 0 Å². The second-order valence-corrected chi connectivity index (χ2v) is 3.65. The molecule has 0 aromatic heterocycles. The molecule has 3 N–H and O–H groups in total. The molecule has 0 radical (unpaired) electrons. The van der Waals surface area contributed by atoms with Crippen molar-refractivity contribution in [2.75, 3.05) is 27.9 Å². The molecule has 2 atom stereocenters. The van der Waals surface area contributed by atoms with E-state index in [4.69, 9.17) is 19.3 Å². The third-order valence-electron chi connectivity index (χ3n) is 2.58. The molecule has 2 unspecified atom stereocenters. The van der Waals surface area contributed by atoms with Gasteiger partial charge in [-0.1, -0.05) is 0 Å². The normalized spacial score (nSPS) is 13.9. The van der Waals surface area contributed by atoms with Crippen molar-refractivity contribution in [2.24, 2.45) is 0 Å². The molecule has 0 bridgehead atoms. The third-order valence-corrected chi connectivity index (χ3v) is 2.58. The smallest absolute Gasteiger partial charge is 0.203 e. The van der Waals surface area contributed by atoms with E-state index in [0.29, 0.717) is 22.8 Å². The van der Waals surface area contributed by atoms with E-state index in [-0.39, 0.29) is 0 Å². The van der Waals surface area contributed by atoms with E-state index in [1.165, 1.54) is 33.5 Å². The highest BCUT2D eigenvalue weighted by molar-refractivity contribution is 5.54. The molecule has 0 fully saturated rings. The van der Waals surface area contributed by atoms with Crippen molar-refractivity contribution >= 4 is 0 Å². The van der Waals surface area contributed by atoms with E-state index < -0.39 is 18.8 Å². The van der Waals surface area contributed by atoms with Crippen molar-refractivity contribution in [3.8, 4) is 17.2 Å². The molecule has 0 spiro atoms. The predicted molar refractivity (Wildman–Crippen MR) is 64.2 cm³/mol. The molecule has 0 saturated heterocycles. The average Bonchev–Trinajstić information content (AvgIpc) is 2.43. The first-order chi connectivity index (χ1) is 8.58. The Morgan fingerprint density at radius 2 is 1.50 bits per heavy atom. The van der Waals surface area contributed by atoms with Crippen LogP contribution >= 0.6 is 0 Å². The highest BCUT2D eigenvalue weighted by Crippen LogP contribution is 2.40. The maximum absolute atomic E-state index is 9.83. The number of methoxy groups -OCH3 is 3. The first-order valence-corrected chi connectivity index (χ1v) is 5.35. The zero-order valence-corrected chi connectivity index (χ0v) is 10.6. The lowest BCUT2D eigenvalue weighted by molar-refractivity contribution is -0.0154. The predicted octanol–water partition coefficient (Wildman–Crippen LogP) is 0.0990. The van der Waals surface area contributed by atoms with Gasteiger partial charge in [-0.3, -0.25) is 0 Å². The standard InChI is InChI=1S/C12H18O6/c1-16-9-4-7(11(15)8(14)6-13)5-10(17-2)12(9)18-3/h4-5,8,11,13-15H,6H2,1-3H3. The van der Waals surface area contributed by atoms with Crippen molar-refractivity contribution in [3.05, 3.63) is 17.7 Å². The van der Waals surface area contributed by atoms with Crippen LogP contribution in [-0.4, -0.2) is 49.4 Å². The molecule has 0 heterocycles. The monoisotopic (exact) mass is 258 g/mol. The molecule has 0 aliphatic rings. The van der Waals surface area contributed by atoms with Gasteiger partial charge in [0.05, 0.1) is 27.9 Å². The Hall–Kier alpha value is -1.50. The van der Waals surface area contributed by atoms with Crippen LogP contribution in [0.3, 0.4) is 0 Å². The zero-order valence-electron chi connectivity index (χ0n) is 10.6. The molecule has 1 rings (SSSR count). The second-order valence-electron chi connectivity index (χ2n) is 3.65. The van der Waals surface area contributed by atoms with Gasteiger partial charge >= 0.3 is 0 Å². The fourth-order valence-electron chi connectivity index (χ4n) is 1.59. The first-order valence-electron chi connectivity index (χ1n) is 5.35. The van der Waals surface area contributed by atoms with E-state index in [2.05, 4.69) is 0 Å². The number of rotatable bonds is 6. The van der Waals surface area contributed by atoms with Gasteiger partial charge in [-0.2, -0.15) is 0 Å². The summed E-state index contributed by atoms with van der Waals surface area (Å²) >= 11 is 0. The van der Waals surface area contributed by atoms with E-state index in [9.17, 15) is 10.2 Å². The first kappa shape index (κ1) is 14.6. The summed E-state index contributed by atoms with van der Waals surface area (Å²) in [6, 6.07) is 3.04. The minimum absolute atomic E-state index is 0.367. The van der Waals surface area contributed by atoms with Gasteiger partial charge < -0.3 is 29.5 Å². The summed E-state index contributed by atoms with van der Waals surface area (Å²) in [5.74, 6) is 1.14. The quantitative estimate of drug-likeness (QED) is 0.670. The maximum atomic E-state index is 9.83. The van der Waals surface area contributed by atoms with Crippen molar-refractivity contribution in [1.29, 1.82) is 0 Å². The van der Waals surface area contributed by atoms with Gasteiger partial charge in [0.2, 0.25) is 5.75 Å². The summed E-state index contributed by atoms with van der Waals surface area (Å²) in [7, 11) is 4.38. The highest BCUT2D eigenvalue weighted by Gasteiger charge is 2.22. The molecule has 102 valence electrons. The largest absolute Gasteiger partial charge is 0.493 e. The Labute approximate surface area is 105 Å². The van der Waals surface area contributed by atoms with Crippen LogP contribution < -0.4 is 14.2 Å². The van der Waals surface area contributed by atoms with Gasteiger partial charge in [0.15, 0.2) is 11.5 Å². The highest BCUT2D eigenvalue weighted by atomic mass is 16.5. The number of hydrogen-bond acceptors (Lipinski definition) is 6. The summed E-state index contributed by atoms with van der Waals surface area (Å²) < 4.78 is 15.4. The minimum Gasteiger partial charge on any atom is -0.493 e. The molecule has 0 aliphatic carbocycles. The number of aliphatic hydroxyl groups excluding tert-OH is 3. The van der Waals surface area contributed by atoms with E-state index in [1.807, 2.05) is 0 Å². The van der Waals surface area contributed by atoms with Crippen LogP contribution in [0.5, 0.6) is 17.2 Å². The Bertz CT molecular complexity index is 367. The van der Waals surface area contributed by atoms with Gasteiger partial charge in [-0.15, -0.1) is 0 Å². The fraction of sp³-hybridized carbons (Fsp3) is 0.500. The van der Waals surface area contributed by atoms with Gasteiger partial charge in [-0.05, 0) is 17.7 Å². The Balaban J connectivity index is 3.22. The lowest BCUT2D eigenvalue weighted by Gasteiger charge is -2.19. The Morgan fingerprint density at radius 3 is 1.83 bits per heavy atom. The van der Waals surface area contributed by atoms with Crippen molar-refractivity contribution in [2.45, 2.75) is 12.2 Å². The van der Waals surface area contributed by atoms with Crippen LogP contribution in [0, 0.1) is 0 Å². The molecule has 1 aromatic carbocycles. The van der Waals surface area contributed by atoms with Crippen molar-refractivity contribution < 1.29 is 29.5 Å². The summed E-state index contributed by atoms with van der Waals surface area (Å²) in [5.41, 5.74) is 0.367. The van der Waals surface area contributed by atoms with Crippen LogP contribution in [0.25, 0.3) is 0 Å². The van der Waals surface area contributed by atoms with E-state index in [0.717, 1.165) is 0 Å². The minimum atomic E-state index is -1.27. The molecule has 18 heavy (non-hydrogen) atoms. The third kappa shape index (κ3) is 2.84. The van der Waals surface area contributed by atoms with Crippen LogP contribution in [0.1, 0.15) is 11.7 Å². The molecule has 0 amide bonds. The van der Waals surface area contributed by atoms with Crippen LogP contribution in [0.4, 0.5) is 0 Å². The molecule has 0 aliphatic heterocycles. The lowest BCUT2D eigenvalue weighted by atomic mass is 10.0. The van der Waals surface area contributed by atoms with Gasteiger partial charge in [0.25, 0.3) is 0 Å². The molecular weight excluding hydrogens is 240 g/mol. The average molecular weight is 258 g/mol. The Kier molecular flexibility index (Phi) is 5.21. The topological polar surface area (TPSA) is 88.4 Å². The maximum Gasteiger partial charge on any atom is 0.203 e. The second kappa shape index (κ2) is 6.44. The van der Waals surface area contributed by atoms with Crippen LogP contribution in [0.15, 0.2) is 12.1 Å². The zero-order chi connectivity index (χ0) is 13.7. The number of aliphatic hydroxyl groups is 3. The van der Waals surface area contributed by atoms with Crippen LogP contribution in [0.2, 0.25) is 0 Å². The summed E-state index contributed by atoms with van der Waals surface area (Å²) in [6.07, 6.45) is -2.50. The van der Waals surface area contributed by atoms with Crippen molar-refractivity contribution in [3.63, 3.8) is 0 Å². The van der Waals surface area contributed by atoms with Gasteiger partial charge in [0.1, 0.15) is 12.2 Å². The lowest BCUT2D eigenvalue weighted by Crippen LogP contribution is -2.22. The summed E-state index contributed by atoms with van der Waals surface area (Å²) in [6.45, 7) is -0.544. The molecule has 6 heteroatoms.